The second-order valence-electron chi connectivity index (χ2n) is 6.15. The zero-order chi connectivity index (χ0) is 16.2. The van der Waals surface area contributed by atoms with E-state index in [9.17, 15) is 9.90 Å². The summed E-state index contributed by atoms with van der Waals surface area (Å²) in [6, 6.07) is 4.07. The van der Waals surface area contributed by atoms with E-state index in [0.29, 0.717) is 12.2 Å². The molecule has 1 atom stereocenters. The molecule has 5 nitrogen and oxygen atoms in total. The first-order valence-corrected chi connectivity index (χ1v) is 9.03. The Bertz CT molecular complexity index is 664. The lowest BCUT2D eigenvalue weighted by Crippen LogP contribution is -2.33. The van der Waals surface area contributed by atoms with Crippen molar-refractivity contribution in [2.75, 3.05) is 13.2 Å². The number of aryl methyl sites for hydroxylation is 2. The van der Waals surface area contributed by atoms with Crippen LogP contribution >= 0.6 is 11.3 Å². The van der Waals surface area contributed by atoms with Crippen molar-refractivity contribution < 1.29 is 9.90 Å². The summed E-state index contributed by atoms with van der Waals surface area (Å²) in [6.07, 6.45) is 4.96. The Morgan fingerprint density at radius 3 is 3.04 bits per heavy atom. The number of hydrogen-bond donors (Lipinski definition) is 2. The molecule has 0 radical (unpaired) electrons. The number of aliphatic hydroxyl groups is 1. The Balaban J connectivity index is 1.64. The molecule has 0 saturated heterocycles. The second-order valence-corrected chi connectivity index (χ2v) is 7.18. The molecule has 1 amide bonds. The average molecular weight is 333 g/mol. The van der Waals surface area contributed by atoms with E-state index in [1.807, 2.05) is 18.5 Å². The summed E-state index contributed by atoms with van der Waals surface area (Å²) >= 11 is 1.68. The maximum absolute atomic E-state index is 12.6. The molecular weight excluding hydrogens is 310 g/mol. The molecule has 0 fully saturated rings. The Kier molecular flexibility index (Phi) is 5.13. The number of nitrogens with one attached hydrogen (secondary N) is 1. The Hall–Kier alpha value is -1.66. The normalized spacial score (nSPS) is 15.2. The van der Waals surface area contributed by atoms with E-state index >= 15 is 0 Å². The molecular formula is C17H23N3O2S. The van der Waals surface area contributed by atoms with Crippen molar-refractivity contribution in [1.82, 2.24) is 15.1 Å². The van der Waals surface area contributed by atoms with E-state index in [4.69, 9.17) is 0 Å². The lowest BCUT2D eigenvalue weighted by Gasteiger charge is -2.15. The number of aromatic nitrogens is 2. The number of nitrogens with zero attached hydrogens (tertiary/aromatic N) is 2. The van der Waals surface area contributed by atoms with E-state index in [-0.39, 0.29) is 18.4 Å². The molecule has 124 valence electrons. The number of rotatable bonds is 6. The van der Waals surface area contributed by atoms with Crippen molar-refractivity contribution in [3.63, 3.8) is 0 Å². The molecule has 1 aliphatic rings. The number of aliphatic hydroxyl groups excluding tert-OH is 1. The standard InChI is InChI=1S/C17H23N3O2S/c1-20-16(14-6-2-3-7-15(14)19-20)17(22)18-10-12(11-21)9-13-5-4-8-23-13/h4-5,8,12,21H,2-3,6-7,9-11H2,1H3,(H,18,22)/t12-/m1/s1. The van der Waals surface area contributed by atoms with Gasteiger partial charge in [0.2, 0.25) is 0 Å². The molecule has 2 heterocycles. The molecule has 0 aliphatic heterocycles. The van der Waals surface area contributed by atoms with Gasteiger partial charge in [-0.3, -0.25) is 9.48 Å². The van der Waals surface area contributed by atoms with Crippen molar-refractivity contribution >= 4 is 17.2 Å². The van der Waals surface area contributed by atoms with Crippen LogP contribution in [0.4, 0.5) is 0 Å². The molecule has 0 unspecified atom stereocenters. The zero-order valence-electron chi connectivity index (χ0n) is 13.4. The maximum atomic E-state index is 12.6. The highest BCUT2D eigenvalue weighted by Gasteiger charge is 2.24. The van der Waals surface area contributed by atoms with Gasteiger partial charge in [0.15, 0.2) is 0 Å². The van der Waals surface area contributed by atoms with Gasteiger partial charge in [-0.05, 0) is 43.6 Å². The summed E-state index contributed by atoms with van der Waals surface area (Å²) in [5.41, 5.74) is 2.86. The minimum atomic E-state index is -0.0761. The van der Waals surface area contributed by atoms with Crippen LogP contribution in [0, 0.1) is 5.92 Å². The van der Waals surface area contributed by atoms with Crippen molar-refractivity contribution in [3.8, 4) is 0 Å². The van der Waals surface area contributed by atoms with Crippen LogP contribution in [0.2, 0.25) is 0 Å². The van der Waals surface area contributed by atoms with Gasteiger partial charge in [-0.15, -0.1) is 11.3 Å². The smallest absolute Gasteiger partial charge is 0.269 e. The molecule has 23 heavy (non-hydrogen) atoms. The maximum Gasteiger partial charge on any atom is 0.269 e. The van der Waals surface area contributed by atoms with Gasteiger partial charge in [-0.25, -0.2) is 0 Å². The fraction of sp³-hybridized carbons (Fsp3) is 0.529. The summed E-state index contributed by atoms with van der Waals surface area (Å²) in [5.74, 6) is -0.0329. The quantitative estimate of drug-likeness (QED) is 0.849. The molecule has 2 aromatic heterocycles. The average Bonchev–Trinajstić information content (AvgIpc) is 3.17. The van der Waals surface area contributed by atoms with Gasteiger partial charge < -0.3 is 10.4 Å². The van der Waals surface area contributed by atoms with Crippen LogP contribution in [0.15, 0.2) is 17.5 Å². The fourth-order valence-electron chi connectivity index (χ4n) is 3.20. The van der Waals surface area contributed by atoms with E-state index in [1.54, 1.807) is 16.0 Å². The minimum absolute atomic E-state index is 0.0432. The number of hydrogen-bond acceptors (Lipinski definition) is 4. The van der Waals surface area contributed by atoms with Crippen LogP contribution in [-0.4, -0.2) is 33.9 Å². The largest absolute Gasteiger partial charge is 0.396 e. The van der Waals surface area contributed by atoms with E-state index in [2.05, 4.69) is 16.5 Å². The third-order valence-corrected chi connectivity index (χ3v) is 5.31. The monoisotopic (exact) mass is 333 g/mol. The molecule has 3 rings (SSSR count). The summed E-state index contributed by atoms with van der Waals surface area (Å²) in [6.45, 7) is 0.550. The predicted octanol–water partition coefficient (Wildman–Crippen LogP) is 1.94. The van der Waals surface area contributed by atoms with Crippen LogP contribution in [0.1, 0.15) is 39.5 Å². The lowest BCUT2D eigenvalue weighted by molar-refractivity contribution is 0.0929. The Labute approximate surface area is 140 Å². The molecule has 2 N–H and O–H groups in total. The number of carbonyl (C=O) groups is 1. The highest BCUT2D eigenvalue weighted by molar-refractivity contribution is 7.09. The van der Waals surface area contributed by atoms with E-state index in [1.165, 1.54) is 4.88 Å². The summed E-state index contributed by atoms with van der Waals surface area (Å²) in [7, 11) is 1.84. The van der Waals surface area contributed by atoms with Gasteiger partial charge in [-0.2, -0.15) is 5.10 Å². The van der Waals surface area contributed by atoms with Crippen LogP contribution in [0.5, 0.6) is 0 Å². The highest BCUT2D eigenvalue weighted by atomic mass is 32.1. The molecule has 2 aromatic rings. The highest BCUT2D eigenvalue weighted by Crippen LogP contribution is 2.23. The lowest BCUT2D eigenvalue weighted by atomic mass is 9.95. The number of thiophene rings is 1. The molecule has 0 spiro atoms. The van der Waals surface area contributed by atoms with Crippen LogP contribution in [0.25, 0.3) is 0 Å². The summed E-state index contributed by atoms with van der Waals surface area (Å²) in [4.78, 5) is 13.8. The summed E-state index contributed by atoms with van der Waals surface area (Å²) in [5, 5.41) is 19.1. The first-order chi connectivity index (χ1) is 11.2. The van der Waals surface area contributed by atoms with Crippen molar-refractivity contribution in [1.29, 1.82) is 0 Å². The number of amides is 1. The molecule has 1 aliphatic carbocycles. The first kappa shape index (κ1) is 16.2. The van der Waals surface area contributed by atoms with Crippen LogP contribution in [-0.2, 0) is 26.3 Å². The zero-order valence-corrected chi connectivity index (χ0v) is 14.2. The van der Waals surface area contributed by atoms with Gasteiger partial charge in [-0.1, -0.05) is 6.07 Å². The van der Waals surface area contributed by atoms with Crippen molar-refractivity contribution in [3.05, 3.63) is 39.3 Å². The Morgan fingerprint density at radius 1 is 1.48 bits per heavy atom. The van der Waals surface area contributed by atoms with Crippen LogP contribution < -0.4 is 5.32 Å². The molecule has 6 heteroatoms. The second kappa shape index (κ2) is 7.27. The predicted molar refractivity (Wildman–Crippen MR) is 90.8 cm³/mol. The third-order valence-electron chi connectivity index (χ3n) is 4.41. The first-order valence-electron chi connectivity index (χ1n) is 8.15. The van der Waals surface area contributed by atoms with Gasteiger partial charge >= 0.3 is 0 Å². The van der Waals surface area contributed by atoms with Crippen molar-refractivity contribution in [2.45, 2.75) is 32.1 Å². The van der Waals surface area contributed by atoms with Gasteiger partial charge in [0, 0.05) is 36.6 Å². The molecule has 0 bridgehead atoms. The number of carbonyl (C=O) groups excluding carboxylic acids is 1. The minimum Gasteiger partial charge on any atom is -0.396 e. The third kappa shape index (κ3) is 3.64. The fourth-order valence-corrected chi connectivity index (χ4v) is 4.02. The van der Waals surface area contributed by atoms with Crippen LogP contribution in [0.3, 0.4) is 0 Å². The molecule has 0 saturated carbocycles. The summed E-state index contributed by atoms with van der Waals surface area (Å²) < 4.78 is 1.71. The van der Waals surface area contributed by atoms with Gasteiger partial charge in [0.05, 0.1) is 5.69 Å². The Morgan fingerprint density at radius 2 is 2.30 bits per heavy atom. The topological polar surface area (TPSA) is 67.2 Å². The number of fused-ring (bicyclic) bond motifs is 1. The van der Waals surface area contributed by atoms with E-state index in [0.717, 1.165) is 43.4 Å². The van der Waals surface area contributed by atoms with Crippen molar-refractivity contribution in [2.24, 2.45) is 13.0 Å². The van der Waals surface area contributed by atoms with Gasteiger partial charge in [0.1, 0.15) is 5.69 Å². The van der Waals surface area contributed by atoms with E-state index < -0.39 is 0 Å². The SMILES string of the molecule is Cn1nc2c(c1C(=O)NC[C@H](CO)Cc1cccs1)CCCC2. The van der Waals surface area contributed by atoms with Gasteiger partial charge in [0.25, 0.3) is 5.91 Å². The molecule has 0 aromatic carbocycles.